The highest BCUT2D eigenvalue weighted by atomic mass is 79.9. The fourth-order valence-corrected chi connectivity index (χ4v) is 1.95. The van der Waals surface area contributed by atoms with Gasteiger partial charge in [-0.15, -0.1) is 0 Å². The third-order valence-electron chi connectivity index (χ3n) is 2.47. The number of anilines is 2. The summed E-state index contributed by atoms with van der Waals surface area (Å²) in [6.07, 6.45) is 1.55. The second-order valence-electron chi connectivity index (χ2n) is 4.11. The molecule has 1 unspecified atom stereocenters. The SMILES string of the molecule is Cc1cc(NCCCC(C)O)c(Br)cc1N. The number of aliphatic hydroxyl groups excluding tert-OH is 1. The van der Waals surface area contributed by atoms with Crippen LogP contribution in [0.4, 0.5) is 11.4 Å². The van der Waals surface area contributed by atoms with Crippen molar-refractivity contribution in [2.45, 2.75) is 32.8 Å². The molecule has 0 aliphatic heterocycles. The van der Waals surface area contributed by atoms with E-state index in [0.717, 1.165) is 40.8 Å². The first-order chi connectivity index (χ1) is 7.50. The molecule has 0 saturated heterocycles. The number of nitrogens with one attached hydrogen (secondary N) is 1. The molecule has 0 fully saturated rings. The third-order valence-corrected chi connectivity index (χ3v) is 3.13. The molecule has 1 atom stereocenters. The van der Waals surface area contributed by atoms with Crippen molar-refractivity contribution in [3.63, 3.8) is 0 Å². The number of nitrogens with two attached hydrogens (primary N) is 1. The molecule has 0 amide bonds. The summed E-state index contributed by atoms with van der Waals surface area (Å²) in [6, 6.07) is 3.94. The van der Waals surface area contributed by atoms with Crippen molar-refractivity contribution in [3.05, 3.63) is 22.2 Å². The predicted molar refractivity (Wildman–Crippen MR) is 72.7 cm³/mol. The van der Waals surface area contributed by atoms with E-state index in [9.17, 15) is 0 Å². The Morgan fingerprint density at radius 1 is 1.50 bits per heavy atom. The van der Waals surface area contributed by atoms with Gasteiger partial charge in [0.25, 0.3) is 0 Å². The summed E-state index contributed by atoms with van der Waals surface area (Å²) >= 11 is 3.47. The predicted octanol–water partition coefficient (Wildman–Crippen LogP) is 2.91. The zero-order chi connectivity index (χ0) is 12.1. The van der Waals surface area contributed by atoms with Crippen molar-refractivity contribution in [3.8, 4) is 0 Å². The summed E-state index contributed by atoms with van der Waals surface area (Å²) in [4.78, 5) is 0. The minimum atomic E-state index is -0.224. The number of hydrogen-bond acceptors (Lipinski definition) is 3. The summed E-state index contributed by atoms with van der Waals surface area (Å²) < 4.78 is 0.979. The van der Waals surface area contributed by atoms with Crippen LogP contribution in [0.5, 0.6) is 0 Å². The van der Waals surface area contributed by atoms with E-state index in [4.69, 9.17) is 10.8 Å². The van der Waals surface area contributed by atoms with Crippen LogP contribution < -0.4 is 11.1 Å². The molecule has 0 heterocycles. The van der Waals surface area contributed by atoms with E-state index < -0.39 is 0 Å². The van der Waals surface area contributed by atoms with E-state index in [-0.39, 0.29) is 6.10 Å². The van der Waals surface area contributed by atoms with Gasteiger partial charge in [0.15, 0.2) is 0 Å². The normalized spacial score (nSPS) is 12.5. The fraction of sp³-hybridized carbons (Fsp3) is 0.500. The second-order valence-corrected chi connectivity index (χ2v) is 4.96. The summed E-state index contributed by atoms with van der Waals surface area (Å²) in [5.41, 5.74) is 8.71. The van der Waals surface area contributed by atoms with Gasteiger partial charge in [0, 0.05) is 22.4 Å². The van der Waals surface area contributed by atoms with Crippen molar-refractivity contribution < 1.29 is 5.11 Å². The summed E-state index contributed by atoms with van der Waals surface area (Å²) in [5, 5.41) is 12.5. The Bertz CT molecular complexity index is 353. The van der Waals surface area contributed by atoms with Crippen molar-refractivity contribution >= 4 is 27.3 Å². The molecule has 4 N–H and O–H groups in total. The second kappa shape index (κ2) is 6.11. The van der Waals surface area contributed by atoms with Crippen LogP contribution >= 0.6 is 15.9 Å². The van der Waals surface area contributed by atoms with Crippen LogP contribution in [0.15, 0.2) is 16.6 Å². The zero-order valence-corrected chi connectivity index (χ0v) is 11.3. The average Bonchev–Trinajstić information content (AvgIpc) is 2.19. The molecule has 0 aliphatic rings. The van der Waals surface area contributed by atoms with Crippen LogP contribution in [-0.2, 0) is 0 Å². The molecule has 4 heteroatoms. The van der Waals surface area contributed by atoms with Gasteiger partial charge in [-0.3, -0.25) is 0 Å². The number of benzene rings is 1. The number of rotatable bonds is 5. The first kappa shape index (κ1) is 13.3. The lowest BCUT2D eigenvalue weighted by Crippen LogP contribution is -2.07. The lowest BCUT2D eigenvalue weighted by Gasteiger charge is -2.11. The Labute approximate surface area is 105 Å². The lowest BCUT2D eigenvalue weighted by atomic mass is 10.1. The summed E-state index contributed by atoms with van der Waals surface area (Å²) in [6.45, 7) is 4.65. The van der Waals surface area contributed by atoms with Gasteiger partial charge in [-0.2, -0.15) is 0 Å². The minimum absolute atomic E-state index is 0.224. The Hall–Kier alpha value is -0.740. The summed E-state index contributed by atoms with van der Waals surface area (Å²) in [5.74, 6) is 0. The minimum Gasteiger partial charge on any atom is -0.398 e. The van der Waals surface area contributed by atoms with Crippen LogP contribution in [0, 0.1) is 6.92 Å². The monoisotopic (exact) mass is 286 g/mol. The van der Waals surface area contributed by atoms with Crippen molar-refractivity contribution in [2.75, 3.05) is 17.6 Å². The molecule has 1 aromatic rings. The third kappa shape index (κ3) is 4.02. The molecule has 16 heavy (non-hydrogen) atoms. The number of hydrogen-bond donors (Lipinski definition) is 3. The molecule has 0 saturated carbocycles. The van der Waals surface area contributed by atoms with Crippen LogP contribution in [0.1, 0.15) is 25.3 Å². The Balaban J connectivity index is 2.51. The number of halogens is 1. The molecule has 1 aromatic carbocycles. The highest BCUT2D eigenvalue weighted by Crippen LogP contribution is 2.27. The van der Waals surface area contributed by atoms with Gasteiger partial charge in [0.1, 0.15) is 0 Å². The number of aryl methyl sites for hydroxylation is 1. The maximum Gasteiger partial charge on any atom is 0.0512 e. The molecular weight excluding hydrogens is 268 g/mol. The van der Waals surface area contributed by atoms with Gasteiger partial charge in [-0.05, 0) is 60.3 Å². The van der Waals surface area contributed by atoms with Gasteiger partial charge < -0.3 is 16.2 Å². The van der Waals surface area contributed by atoms with E-state index in [0.29, 0.717) is 0 Å². The van der Waals surface area contributed by atoms with Gasteiger partial charge >= 0.3 is 0 Å². The topological polar surface area (TPSA) is 58.3 Å². The Morgan fingerprint density at radius 2 is 2.19 bits per heavy atom. The molecule has 0 radical (unpaired) electrons. The van der Waals surface area contributed by atoms with Gasteiger partial charge in [-0.1, -0.05) is 0 Å². The van der Waals surface area contributed by atoms with Gasteiger partial charge in [0.05, 0.1) is 6.10 Å². The Kier molecular flexibility index (Phi) is 5.09. The molecule has 90 valence electrons. The average molecular weight is 287 g/mol. The van der Waals surface area contributed by atoms with E-state index in [2.05, 4.69) is 21.2 Å². The fourth-order valence-electron chi connectivity index (χ4n) is 1.45. The highest BCUT2D eigenvalue weighted by Gasteiger charge is 2.03. The lowest BCUT2D eigenvalue weighted by molar-refractivity contribution is 0.183. The van der Waals surface area contributed by atoms with E-state index in [1.807, 2.05) is 26.0 Å². The van der Waals surface area contributed by atoms with Crippen molar-refractivity contribution in [1.82, 2.24) is 0 Å². The maximum absolute atomic E-state index is 9.13. The van der Waals surface area contributed by atoms with E-state index in [1.54, 1.807) is 0 Å². The van der Waals surface area contributed by atoms with E-state index in [1.165, 1.54) is 0 Å². The summed E-state index contributed by atoms with van der Waals surface area (Å²) in [7, 11) is 0. The molecular formula is C12H19BrN2O. The van der Waals surface area contributed by atoms with Crippen LogP contribution in [0.3, 0.4) is 0 Å². The molecule has 0 bridgehead atoms. The smallest absolute Gasteiger partial charge is 0.0512 e. The quantitative estimate of drug-likeness (QED) is 0.576. The number of aliphatic hydroxyl groups is 1. The largest absolute Gasteiger partial charge is 0.398 e. The number of nitrogen functional groups attached to an aromatic ring is 1. The molecule has 0 aromatic heterocycles. The van der Waals surface area contributed by atoms with Crippen LogP contribution in [0.2, 0.25) is 0 Å². The molecule has 1 rings (SSSR count). The zero-order valence-electron chi connectivity index (χ0n) is 9.76. The van der Waals surface area contributed by atoms with Gasteiger partial charge in [0.2, 0.25) is 0 Å². The first-order valence-corrected chi connectivity index (χ1v) is 6.27. The van der Waals surface area contributed by atoms with Crippen molar-refractivity contribution in [1.29, 1.82) is 0 Å². The first-order valence-electron chi connectivity index (χ1n) is 5.48. The maximum atomic E-state index is 9.13. The molecule has 0 spiro atoms. The van der Waals surface area contributed by atoms with E-state index >= 15 is 0 Å². The van der Waals surface area contributed by atoms with Crippen molar-refractivity contribution in [2.24, 2.45) is 0 Å². The Morgan fingerprint density at radius 3 is 2.81 bits per heavy atom. The highest BCUT2D eigenvalue weighted by molar-refractivity contribution is 9.10. The molecule has 0 aliphatic carbocycles. The van der Waals surface area contributed by atoms with Crippen LogP contribution in [0.25, 0.3) is 0 Å². The van der Waals surface area contributed by atoms with Crippen LogP contribution in [-0.4, -0.2) is 17.8 Å². The molecule has 3 nitrogen and oxygen atoms in total. The van der Waals surface area contributed by atoms with Gasteiger partial charge in [-0.25, -0.2) is 0 Å². The standard InChI is InChI=1S/C12H19BrN2O/c1-8-6-12(10(13)7-11(8)14)15-5-3-4-9(2)16/h6-7,9,15-16H,3-5,14H2,1-2H3.